The van der Waals surface area contributed by atoms with Gasteiger partial charge in [-0.1, -0.05) is 24.3 Å². The van der Waals surface area contributed by atoms with Crippen LogP contribution in [0.5, 0.6) is 5.75 Å². The van der Waals surface area contributed by atoms with Crippen LogP contribution in [0.4, 0.5) is 4.39 Å². The number of benzene rings is 2. The van der Waals surface area contributed by atoms with E-state index in [1.54, 1.807) is 24.3 Å². The smallest absolute Gasteiger partial charge is 0.314 e. The topological polar surface area (TPSA) is 90.7 Å². The molecule has 5 nitrogen and oxygen atoms in total. The molecule has 1 aliphatic rings. The maximum Gasteiger partial charge on any atom is 0.314 e. The minimum absolute atomic E-state index is 0.0859. The van der Waals surface area contributed by atoms with Crippen molar-refractivity contribution in [3.8, 4) is 16.9 Å². The van der Waals surface area contributed by atoms with Crippen LogP contribution in [0, 0.1) is 17.7 Å². The summed E-state index contributed by atoms with van der Waals surface area (Å²) in [5.74, 6) is 0.514. The summed E-state index contributed by atoms with van der Waals surface area (Å²) in [5, 5.41) is 0. The largest absolute Gasteiger partial charge is 0.426 e. The third-order valence-electron chi connectivity index (χ3n) is 4.96. The van der Waals surface area contributed by atoms with Crippen LogP contribution in [0.15, 0.2) is 53.5 Å². The molecule has 0 bridgehead atoms. The molecule has 1 saturated carbocycles. The van der Waals surface area contributed by atoms with Crippen LogP contribution in [0.2, 0.25) is 0 Å². The lowest BCUT2D eigenvalue weighted by molar-refractivity contribution is -0.140. The van der Waals surface area contributed by atoms with Gasteiger partial charge >= 0.3 is 5.97 Å². The summed E-state index contributed by atoms with van der Waals surface area (Å²) in [6.07, 6.45) is 3.41. The number of halogens is 1. The van der Waals surface area contributed by atoms with E-state index < -0.39 is 0 Å². The van der Waals surface area contributed by atoms with Crippen molar-refractivity contribution in [2.45, 2.75) is 25.7 Å². The minimum atomic E-state index is -0.266. The highest BCUT2D eigenvalue weighted by Crippen LogP contribution is 2.30. The van der Waals surface area contributed by atoms with Gasteiger partial charge in [-0.3, -0.25) is 9.79 Å². The first-order valence-electron chi connectivity index (χ1n) is 9.14. The molecule has 142 valence electrons. The standard InChI is InChI=1S/C21H24FN3O2/c22-18-9-5-15(6-10-18)16-7-11-19(12-8-16)27-20(26)17-3-1-14(2-4-17)13-25-21(23)24/h5-12,14,17H,1-4,13H2,(H4,23,24,25). The number of carbonyl (C=O) groups excluding carboxylic acids is 1. The molecule has 0 aliphatic heterocycles. The Labute approximate surface area is 158 Å². The molecule has 0 amide bonds. The zero-order chi connectivity index (χ0) is 19.2. The first-order chi connectivity index (χ1) is 13.0. The second kappa shape index (κ2) is 8.66. The van der Waals surface area contributed by atoms with Crippen LogP contribution in [-0.4, -0.2) is 18.5 Å². The Balaban J connectivity index is 1.52. The third-order valence-corrected chi connectivity index (χ3v) is 4.96. The van der Waals surface area contributed by atoms with E-state index in [1.807, 2.05) is 12.1 Å². The van der Waals surface area contributed by atoms with E-state index in [0.717, 1.165) is 36.8 Å². The lowest BCUT2D eigenvalue weighted by atomic mass is 9.82. The van der Waals surface area contributed by atoms with E-state index in [-0.39, 0.29) is 23.7 Å². The average Bonchev–Trinajstić information content (AvgIpc) is 2.68. The minimum Gasteiger partial charge on any atom is -0.426 e. The van der Waals surface area contributed by atoms with Crippen molar-refractivity contribution in [1.82, 2.24) is 0 Å². The first kappa shape index (κ1) is 18.9. The Kier molecular flexibility index (Phi) is 6.06. The highest BCUT2D eigenvalue weighted by Gasteiger charge is 2.27. The average molecular weight is 369 g/mol. The summed E-state index contributed by atoms with van der Waals surface area (Å²) in [6, 6.07) is 13.5. The van der Waals surface area contributed by atoms with Crippen molar-refractivity contribution in [3.05, 3.63) is 54.3 Å². The summed E-state index contributed by atoms with van der Waals surface area (Å²) in [5.41, 5.74) is 12.6. The van der Waals surface area contributed by atoms with Gasteiger partial charge in [-0.2, -0.15) is 0 Å². The number of carbonyl (C=O) groups is 1. The van der Waals surface area contributed by atoms with Gasteiger partial charge in [0.05, 0.1) is 5.92 Å². The quantitative estimate of drug-likeness (QED) is 0.365. The number of guanidine groups is 1. The Morgan fingerprint density at radius 3 is 2.07 bits per heavy atom. The van der Waals surface area contributed by atoms with Crippen molar-refractivity contribution in [2.75, 3.05) is 6.54 Å². The molecule has 1 fully saturated rings. The molecule has 0 radical (unpaired) electrons. The molecule has 2 aromatic rings. The van der Waals surface area contributed by atoms with E-state index in [0.29, 0.717) is 18.2 Å². The maximum absolute atomic E-state index is 13.0. The number of rotatable bonds is 5. The molecule has 0 heterocycles. The molecular weight excluding hydrogens is 345 g/mol. The van der Waals surface area contributed by atoms with Crippen LogP contribution in [0.1, 0.15) is 25.7 Å². The Morgan fingerprint density at radius 2 is 1.52 bits per heavy atom. The molecule has 27 heavy (non-hydrogen) atoms. The predicted molar refractivity (Wildman–Crippen MR) is 104 cm³/mol. The molecule has 2 aromatic carbocycles. The number of hydrogen-bond donors (Lipinski definition) is 2. The second-order valence-electron chi connectivity index (χ2n) is 6.94. The lowest BCUT2D eigenvalue weighted by Crippen LogP contribution is -2.28. The van der Waals surface area contributed by atoms with Crippen molar-refractivity contribution >= 4 is 11.9 Å². The summed E-state index contributed by atoms with van der Waals surface area (Å²) in [4.78, 5) is 16.5. The van der Waals surface area contributed by atoms with E-state index in [9.17, 15) is 9.18 Å². The van der Waals surface area contributed by atoms with Crippen LogP contribution >= 0.6 is 0 Å². The summed E-state index contributed by atoms with van der Waals surface area (Å²) in [6.45, 7) is 0.620. The number of esters is 1. The van der Waals surface area contributed by atoms with E-state index in [2.05, 4.69) is 4.99 Å². The predicted octanol–water partition coefficient (Wildman–Crippen LogP) is 3.48. The number of nitrogens with two attached hydrogens (primary N) is 2. The van der Waals surface area contributed by atoms with Gasteiger partial charge in [-0.05, 0) is 67.0 Å². The molecule has 1 aliphatic carbocycles. The van der Waals surface area contributed by atoms with Gasteiger partial charge in [0.25, 0.3) is 0 Å². The molecule has 6 heteroatoms. The van der Waals surface area contributed by atoms with Crippen molar-refractivity contribution in [1.29, 1.82) is 0 Å². The number of ether oxygens (including phenoxy) is 1. The summed E-state index contributed by atoms with van der Waals surface area (Å²) in [7, 11) is 0. The maximum atomic E-state index is 13.0. The van der Waals surface area contributed by atoms with Crippen LogP contribution < -0.4 is 16.2 Å². The van der Waals surface area contributed by atoms with Crippen LogP contribution in [-0.2, 0) is 4.79 Å². The van der Waals surface area contributed by atoms with Gasteiger partial charge in [-0.25, -0.2) is 4.39 Å². The Morgan fingerprint density at radius 1 is 0.963 bits per heavy atom. The molecule has 0 atom stereocenters. The monoisotopic (exact) mass is 369 g/mol. The molecular formula is C21H24FN3O2. The molecule has 0 aromatic heterocycles. The Bertz CT molecular complexity index is 791. The highest BCUT2D eigenvalue weighted by molar-refractivity contribution is 5.76. The number of hydrogen-bond acceptors (Lipinski definition) is 3. The second-order valence-corrected chi connectivity index (χ2v) is 6.94. The first-order valence-corrected chi connectivity index (χ1v) is 9.14. The third kappa shape index (κ3) is 5.29. The zero-order valence-corrected chi connectivity index (χ0v) is 15.1. The van der Waals surface area contributed by atoms with Gasteiger partial charge in [0, 0.05) is 6.54 Å². The highest BCUT2D eigenvalue weighted by atomic mass is 19.1. The van der Waals surface area contributed by atoms with Gasteiger partial charge in [0.2, 0.25) is 0 Å². The van der Waals surface area contributed by atoms with Gasteiger partial charge in [0.1, 0.15) is 11.6 Å². The van der Waals surface area contributed by atoms with E-state index >= 15 is 0 Å². The van der Waals surface area contributed by atoms with Crippen molar-refractivity contribution in [3.63, 3.8) is 0 Å². The van der Waals surface area contributed by atoms with Gasteiger partial charge in [0.15, 0.2) is 5.96 Å². The lowest BCUT2D eigenvalue weighted by Gasteiger charge is -2.26. The molecule has 0 spiro atoms. The summed E-state index contributed by atoms with van der Waals surface area (Å²) >= 11 is 0. The van der Waals surface area contributed by atoms with Crippen LogP contribution in [0.3, 0.4) is 0 Å². The van der Waals surface area contributed by atoms with Crippen molar-refractivity contribution in [2.24, 2.45) is 28.3 Å². The van der Waals surface area contributed by atoms with E-state index in [4.69, 9.17) is 16.2 Å². The van der Waals surface area contributed by atoms with E-state index in [1.165, 1.54) is 12.1 Å². The molecule has 3 rings (SSSR count). The summed E-state index contributed by atoms with van der Waals surface area (Å²) < 4.78 is 18.5. The van der Waals surface area contributed by atoms with Gasteiger partial charge < -0.3 is 16.2 Å². The number of nitrogens with zero attached hydrogens (tertiary/aromatic N) is 1. The fraction of sp³-hybridized carbons (Fsp3) is 0.333. The fourth-order valence-corrected chi connectivity index (χ4v) is 3.37. The SMILES string of the molecule is NC(N)=NCC1CCC(C(=O)Oc2ccc(-c3ccc(F)cc3)cc2)CC1. The molecule has 4 N–H and O–H groups in total. The van der Waals surface area contributed by atoms with Crippen molar-refractivity contribution < 1.29 is 13.9 Å². The fourth-order valence-electron chi connectivity index (χ4n) is 3.37. The Hall–Kier alpha value is -2.89. The van der Waals surface area contributed by atoms with Gasteiger partial charge in [-0.15, -0.1) is 0 Å². The van der Waals surface area contributed by atoms with Crippen LogP contribution in [0.25, 0.3) is 11.1 Å². The zero-order valence-electron chi connectivity index (χ0n) is 15.1. The number of aliphatic imine (C=N–C) groups is 1. The normalized spacial score (nSPS) is 19.3. The molecule has 0 unspecified atom stereocenters. The molecule has 0 saturated heterocycles.